The Morgan fingerprint density at radius 3 is 2.50 bits per heavy atom. The summed E-state index contributed by atoms with van der Waals surface area (Å²) in [4.78, 5) is 26.8. The second-order valence-corrected chi connectivity index (χ2v) is 7.01. The molecule has 1 amide bonds. The zero-order valence-electron chi connectivity index (χ0n) is 17.4. The highest BCUT2D eigenvalue weighted by atomic mass is 16.5. The number of carbonyl (C=O) groups is 2. The van der Waals surface area contributed by atoms with Crippen LogP contribution in [-0.4, -0.2) is 36.3 Å². The maximum atomic E-state index is 12.8. The first-order valence-corrected chi connectivity index (χ1v) is 9.63. The lowest BCUT2D eigenvalue weighted by molar-refractivity contribution is -0.125. The highest BCUT2D eigenvalue weighted by Crippen LogP contribution is 2.20. The number of carbonyl (C=O) groups excluding carboxylic acids is 2. The minimum Gasteiger partial charge on any atom is -0.493 e. The van der Waals surface area contributed by atoms with Gasteiger partial charge < -0.3 is 9.64 Å². The van der Waals surface area contributed by atoms with E-state index in [4.69, 9.17) is 4.74 Å². The van der Waals surface area contributed by atoms with E-state index in [2.05, 4.69) is 0 Å². The van der Waals surface area contributed by atoms with E-state index >= 15 is 0 Å². The fraction of sp³-hybridized carbons (Fsp3) is 0.333. The maximum absolute atomic E-state index is 12.8. The van der Waals surface area contributed by atoms with Gasteiger partial charge in [-0.05, 0) is 56.5 Å². The molecule has 0 spiro atoms. The highest BCUT2D eigenvalue weighted by molar-refractivity contribution is 6.03. The molecular formula is C24H29NO3. The molecule has 1 atom stereocenters. The Morgan fingerprint density at radius 1 is 1.11 bits per heavy atom. The largest absolute Gasteiger partial charge is 0.493 e. The molecule has 1 unspecified atom stereocenters. The molecule has 0 aliphatic heterocycles. The fourth-order valence-corrected chi connectivity index (χ4v) is 2.74. The van der Waals surface area contributed by atoms with Crippen molar-refractivity contribution in [3.05, 3.63) is 70.8 Å². The first-order valence-electron chi connectivity index (χ1n) is 9.63. The van der Waals surface area contributed by atoms with Crippen molar-refractivity contribution in [1.82, 2.24) is 4.90 Å². The Kier molecular flexibility index (Phi) is 7.56. The van der Waals surface area contributed by atoms with Crippen molar-refractivity contribution < 1.29 is 14.3 Å². The van der Waals surface area contributed by atoms with Crippen LogP contribution in [0.1, 0.15) is 47.3 Å². The van der Waals surface area contributed by atoms with E-state index < -0.39 is 6.04 Å². The molecule has 2 aromatic rings. The second-order valence-electron chi connectivity index (χ2n) is 7.01. The van der Waals surface area contributed by atoms with E-state index in [9.17, 15) is 9.59 Å². The first kappa shape index (κ1) is 21.4. The van der Waals surface area contributed by atoms with Gasteiger partial charge in [0, 0.05) is 24.3 Å². The van der Waals surface area contributed by atoms with Gasteiger partial charge >= 0.3 is 0 Å². The number of hydrogen-bond donors (Lipinski definition) is 0. The molecular weight excluding hydrogens is 350 g/mol. The van der Waals surface area contributed by atoms with E-state index in [1.807, 2.05) is 63.2 Å². The summed E-state index contributed by atoms with van der Waals surface area (Å²) in [5.41, 5.74) is 3.67. The number of nitrogens with zero attached hydrogens (tertiary/aromatic N) is 1. The van der Waals surface area contributed by atoms with Gasteiger partial charge in [-0.15, -0.1) is 0 Å². The Morgan fingerprint density at radius 2 is 1.82 bits per heavy atom. The van der Waals surface area contributed by atoms with Gasteiger partial charge in [0.05, 0.1) is 12.6 Å². The standard InChI is InChI=1S/C24H29NO3/c1-6-15-28-22-10-8-7-9-20(22)13-14-23(26)25(5)19(4)24(27)21-12-11-17(2)18(3)16-21/h7-14,16,19H,6,15H2,1-5H3/b14-13+. The lowest BCUT2D eigenvalue weighted by Crippen LogP contribution is -2.39. The zero-order valence-corrected chi connectivity index (χ0v) is 17.4. The van der Waals surface area contributed by atoms with Gasteiger partial charge in [-0.25, -0.2) is 0 Å². The Hall–Kier alpha value is -2.88. The molecule has 0 aliphatic rings. The van der Waals surface area contributed by atoms with Crippen LogP contribution in [0, 0.1) is 13.8 Å². The minimum atomic E-state index is -0.550. The third-order valence-electron chi connectivity index (χ3n) is 4.89. The quantitative estimate of drug-likeness (QED) is 0.487. The van der Waals surface area contributed by atoms with Crippen molar-refractivity contribution in [2.75, 3.05) is 13.7 Å². The Labute approximate surface area is 167 Å². The van der Waals surface area contributed by atoms with Crippen LogP contribution in [-0.2, 0) is 4.79 Å². The van der Waals surface area contributed by atoms with Gasteiger partial charge in [-0.1, -0.05) is 37.3 Å². The molecule has 0 radical (unpaired) electrons. The molecule has 0 aromatic heterocycles. The molecule has 28 heavy (non-hydrogen) atoms. The number of likely N-dealkylation sites (N-methyl/N-ethyl adjacent to an activating group) is 1. The highest BCUT2D eigenvalue weighted by Gasteiger charge is 2.22. The van der Waals surface area contributed by atoms with Crippen molar-refractivity contribution in [3.8, 4) is 5.75 Å². The number of rotatable bonds is 8. The van der Waals surface area contributed by atoms with Crippen LogP contribution >= 0.6 is 0 Å². The summed E-state index contributed by atoms with van der Waals surface area (Å²) in [6, 6.07) is 12.7. The summed E-state index contributed by atoms with van der Waals surface area (Å²) >= 11 is 0. The van der Waals surface area contributed by atoms with Crippen LogP contribution in [0.4, 0.5) is 0 Å². The molecule has 2 aromatic carbocycles. The molecule has 0 N–H and O–H groups in total. The average molecular weight is 380 g/mol. The topological polar surface area (TPSA) is 46.6 Å². The van der Waals surface area contributed by atoms with Crippen LogP contribution in [0.15, 0.2) is 48.5 Å². The molecule has 2 rings (SSSR count). The van der Waals surface area contributed by atoms with Crippen molar-refractivity contribution in [2.24, 2.45) is 0 Å². The predicted molar refractivity (Wildman–Crippen MR) is 114 cm³/mol. The summed E-state index contributed by atoms with van der Waals surface area (Å²) < 4.78 is 5.71. The smallest absolute Gasteiger partial charge is 0.246 e. The predicted octanol–water partition coefficient (Wildman–Crippen LogP) is 4.84. The lowest BCUT2D eigenvalue weighted by Gasteiger charge is -2.23. The summed E-state index contributed by atoms with van der Waals surface area (Å²) in [6.07, 6.45) is 4.13. The number of ketones is 1. The molecule has 0 heterocycles. The van der Waals surface area contributed by atoms with E-state index in [-0.39, 0.29) is 11.7 Å². The number of ether oxygens (including phenoxy) is 1. The summed E-state index contributed by atoms with van der Waals surface area (Å²) in [7, 11) is 1.65. The minimum absolute atomic E-state index is 0.0703. The number of Topliss-reactive ketones (excluding diaryl/α,β-unsaturated/α-hetero) is 1. The Bertz CT molecular complexity index is 870. The van der Waals surface area contributed by atoms with Gasteiger partial charge in [0.25, 0.3) is 0 Å². The van der Waals surface area contributed by atoms with Crippen molar-refractivity contribution in [2.45, 2.75) is 40.2 Å². The van der Waals surface area contributed by atoms with Crippen LogP contribution in [0.3, 0.4) is 0 Å². The van der Waals surface area contributed by atoms with Crippen LogP contribution in [0.2, 0.25) is 0 Å². The number of amides is 1. The summed E-state index contributed by atoms with van der Waals surface area (Å²) in [5.74, 6) is 0.448. The molecule has 0 bridgehead atoms. The lowest BCUT2D eigenvalue weighted by atomic mass is 10.00. The van der Waals surface area contributed by atoms with E-state index in [0.717, 1.165) is 28.9 Å². The van der Waals surface area contributed by atoms with Gasteiger partial charge in [0.15, 0.2) is 5.78 Å². The number of benzene rings is 2. The Balaban J connectivity index is 2.10. The number of hydrogen-bond acceptors (Lipinski definition) is 3. The second kappa shape index (κ2) is 9.88. The van der Waals surface area contributed by atoms with Gasteiger partial charge in [0.1, 0.15) is 5.75 Å². The molecule has 148 valence electrons. The van der Waals surface area contributed by atoms with Crippen molar-refractivity contribution in [1.29, 1.82) is 0 Å². The molecule has 0 saturated heterocycles. The third kappa shape index (κ3) is 5.32. The summed E-state index contributed by atoms with van der Waals surface area (Å²) in [5, 5.41) is 0. The monoisotopic (exact) mass is 379 g/mol. The first-order chi connectivity index (χ1) is 13.3. The van der Waals surface area contributed by atoms with E-state index in [1.54, 1.807) is 20.0 Å². The molecule has 4 nitrogen and oxygen atoms in total. The van der Waals surface area contributed by atoms with Crippen LogP contribution in [0.25, 0.3) is 6.08 Å². The normalized spacial score (nSPS) is 12.0. The molecule has 4 heteroatoms. The number of aryl methyl sites for hydroxylation is 2. The molecule has 0 fully saturated rings. The van der Waals surface area contributed by atoms with Crippen molar-refractivity contribution >= 4 is 17.8 Å². The third-order valence-corrected chi connectivity index (χ3v) is 4.89. The van der Waals surface area contributed by atoms with E-state index in [0.29, 0.717) is 12.2 Å². The van der Waals surface area contributed by atoms with Gasteiger partial charge in [-0.3, -0.25) is 9.59 Å². The number of para-hydroxylation sites is 1. The van der Waals surface area contributed by atoms with Gasteiger partial charge in [0.2, 0.25) is 5.91 Å². The maximum Gasteiger partial charge on any atom is 0.246 e. The van der Waals surface area contributed by atoms with Crippen LogP contribution < -0.4 is 4.74 Å². The fourth-order valence-electron chi connectivity index (χ4n) is 2.74. The molecule has 0 saturated carbocycles. The SMILES string of the molecule is CCCOc1ccccc1/C=C/C(=O)N(C)C(C)C(=O)c1ccc(C)c(C)c1. The average Bonchev–Trinajstić information content (AvgIpc) is 2.71. The van der Waals surface area contributed by atoms with Crippen LogP contribution in [0.5, 0.6) is 5.75 Å². The zero-order chi connectivity index (χ0) is 20.7. The van der Waals surface area contributed by atoms with E-state index in [1.165, 1.54) is 11.0 Å². The summed E-state index contributed by atoms with van der Waals surface area (Å²) in [6.45, 7) is 8.41. The molecule has 0 aliphatic carbocycles. The van der Waals surface area contributed by atoms with Gasteiger partial charge in [-0.2, -0.15) is 0 Å². The van der Waals surface area contributed by atoms with Crippen molar-refractivity contribution in [3.63, 3.8) is 0 Å².